The van der Waals surface area contributed by atoms with E-state index in [-0.39, 0.29) is 24.1 Å². The molecule has 0 bridgehead atoms. The summed E-state index contributed by atoms with van der Waals surface area (Å²) >= 11 is 0. The zero-order chi connectivity index (χ0) is 18.0. The van der Waals surface area contributed by atoms with Crippen LogP contribution in [0.2, 0.25) is 0 Å². The van der Waals surface area contributed by atoms with Gasteiger partial charge in [-0.15, -0.1) is 0 Å². The SMILES string of the molecule is CS(=O)(=O)N(c1ccc(F)cc1NC(=O)Cc1ccccc1)C1CC1. The number of amides is 1. The number of sulfonamides is 1. The summed E-state index contributed by atoms with van der Waals surface area (Å²) < 4.78 is 39.2. The van der Waals surface area contributed by atoms with E-state index >= 15 is 0 Å². The zero-order valence-corrected chi connectivity index (χ0v) is 14.6. The van der Waals surface area contributed by atoms with Gasteiger partial charge in [-0.25, -0.2) is 12.8 Å². The van der Waals surface area contributed by atoms with Gasteiger partial charge in [-0.2, -0.15) is 0 Å². The number of carbonyl (C=O) groups is 1. The average molecular weight is 362 g/mol. The topological polar surface area (TPSA) is 66.5 Å². The highest BCUT2D eigenvalue weighted by Crippen LogP contribution is 2.38. The van der Waals surface area contributed by atoms with E-state index in [1.807, 2.05) is 30.3 Å². The van der Waals surface area contributed by atoms with E-state index in [0.717, 1.165) is 30.7 Å². The van der Waals surface area contributed by atoms with E-state index in [1.165, 1.54) is 16.4 Å². The van der Waals surface area contributed by atoms with Crippen LogP contribution in [-0.2, 0) is 21.2 Å². The second-order valence-corrected chi connectivity index (χ2v) is 8.02. The highest BCUT2D eigenvalue weighted by Gasteiger charge is 2.36. The lowest BCUT2D eigenvalue weighted by Crippen LogP contribution is -2.33. The van der Waals surface area contributed by atoms with Crippen molar-refractivity contribution < 1.29 is 17.6 Å². The van der Waals surface area contributed by atoms with Gasteiger partial charge in [-0.05, 0) is 36.6 Å². The second-order valence-electron chi connectivity index (χ2n) is 6.16. The van der Waals surface area contributed by atoms with Crippen molar-refractivity contribution in [2.45, 2.75) is 25.3 Å². The highest BCUT2D eigenvalue weighted by molar-refractivity contribution is 7.92. The number of benzene rings is 2. The molecule has 0 unspecified atom stereocenters. The summed E-state index contributed by atoms with van der Waals surface area (Å²) in [6, 6.07) is 12.8. The minimum atomic E-state index is -3.53. The Kier molecular flexibility index (Phi) is 4.76. The Morgan fingerprint density at radius 2 is 1.88 bits per heavy atom. The summed E-state index contributed by atoms with van der Waals surface area (Å²) in [5, 5.41) is 2.65. The second kappa shape index (κ2) is 6.84. The van der Waals surface area contributed by atoms with Crippen molar-refractivity contribution in [3.63, 3.8) is 0 Å². The van der Waals surface area contributed by atoms with Gasteiger partial charge >= 0.3 is 0 Å². The molecule has 1 aliphatic carbocycles. The third-order valence-corrected chi connectivity index (χ3v) is 5.12. The number of rotatable bonds is 6. The third-order valence-electron chi connectivity index (χ3n) is 3.91. The minimum Gasteiger partial charge on any atom is -0.324 e. The fourth-order valence-corrected chi connectivity index (χ4v) is 4.00. The molecule has 1 fully saturated rings. The van der Waals surface area contributed by atoms with Crippen molar-refractivity contribution in [2.24, 2.45) is 0 Å². The first-order chi connectivity index (χ1) is 11.8. The molecule has 2 aromatic rings. The van der Waals surface area contributed by atoms with Crippen molar-refractivity contribution in [3.05, 3.63) is 59.9 Å². The first-order valence-electron chi connectivity index (χ1n) is 7.97. The first kappa shape index (κ1) is 17.4. The van der Waals surface area contributed by atoms with Crippen LogP contribution in [0, 0.1) is 5.82 Å². The Labute approximate surface area is 146 Å². The maximum Gasteiger partial charge on any atom is 0.232 e. The van der Waals surface area contributed by atoms with Crippen LogP contribution >= 0.6 is 0 Å². The maximum absolute atomic E-state index is 13.7. The van der Waals surface area contributed by atoms with Gasteiger partial charge in [0, 0.05) is 6.04 Å². The molecule has 0 saturated heterocycles. The molecule has 5 nitrogen and oxygen atoms in total. The molecule has 3 rings (SSSR count). The van der Waals surface area contributed by atoms with Gasteiger partial charge in [0.2, 0.25) is 15.9 Å². The zero-order valence-electron chi connectivity index (χ0n) is 13.8. The van der Waals surface area contributed by atoms with Crippen LogP contribution < -0.4 is 9.62 Å². The Balaban J connectivity index is 1.88. The van der Waals surface area contributed by atoms with E-state index in [0.29, 0.717) is 5.69 Å². The van der Waals surface area contributed by atoms with E-state index in [4.69, 9.17) is 0 Å². The van der Waals surface area contributed by atoms with Crippen LogP contribution in [0.25, 0.3) is 0 Å². The molecule has 1 N–H and O–H groups in total. The van der Waals surface area contributed by atoms with Crippen molar-refractivity contribution in [3.8, 4) is 0 Å². The average Bonchev–Trinajstić information content (AvgIpc) is 3.34. The van der Waals surface area contributed by atoms with Crippen molar-refractivity contribution in [1.29, 1.82) is 0 Å². The summed E-state index contributed by atoms with van der Waals surface area (Å²) in [5.74, 6) is -0.870. The molecule has 2 aromatic carbocycles. The summed E-state index contributed by atoms with van der Waals surface area (Å²) in [7, 11) is -3.53. The van der Waals surface area contributed by atoms with Crippen molar-refractivity contribution in [1.82, 2.24) is 0 Å². The van der Waals surface area contributed by atoms with Crippen molar-refractivity contribution >= 4 is 27.3 Å². The minimum absolute atomic E-state index is 0.124. The Bertz CT molecular complexity index is 880. The molecular weight excluding hydrogens is 343 g/mol. The van der Waals surface area contributed by atoms with E-state index in [2.05, 4.69) is 5.32 Å². The Morgan fingerprint density at radius 3 is 2.48 bits per heavy atom. The lowest BCUT2D eigenvalue weighted by molar-refractivity contribution is -0.115. The van der Waals surface area contributed by atoms with Gasteiger partial charge in [0.05, 0.1) is 24.1 Å². The smallest absolute Gasteiger partial charge is 0.232 e. The molecule has 1 amide bonds. The van der Waals surface area contributed by atoms with Crippen LogP contribution in [0.5, 0.6) is 0 Å². The number of hydrogen-bond acceptors (Lipinski definition) is 3. The maximum atomic E-state index is 13.7. The third kappa shape index (κ3) is 4.36. The van der Waals surface area contributed by atoms with Gasteiger partial charge in [-0.1, -0.05) is 30.3 Å². The van der Waals surface area contributed by atoms with Crippen molar-refractivity contribution in [2.75, 3.05) is 15.9 Å². The molecule has 1 saturated carbocycles. The van der Waals surface area contributed by atoms with Gasteiger partial charge in [0.25, 0.3) is 0 Å². The van der Waals surface area contributed by atoms with Gasteiger partial charge in [-0.3, -0.25) is 9.10 Å². The molecule has 132 valence electrons. The standard InChI is InChI=1S/C18H19FN2O3S/c1-25(23,24)21(15-8-9-15)17-10-7-14(19)12-16(17)20-18(22)11-13-5-3-2-4-6-13/h2-7,10,12,15H,8-9,11H2,1H3,(H,20,22). The number of anilines is 2. The highest BCUT2D eigenvalue weighted by atomic mass is 32.2. The van der Waals surface area contributed by atoms with E-state index in [9.17, 15) is 17.6 Å². The number of nitrogens with zero attached hydrogens (tertiary/aromatic N) is 1. The molecule has 1 aliphatic rings. The van der Waals surface area contributed by atoms with E-state index < -0.39 is 15.8 Å². The summed E-state index contributed by atoms with van der Waals surface area (Å²) in [5.41, 5.74) is 1.28. The summed E-state index contributed by atoms with van der Waals surface area (Å²) in [4.78, 5) is 12.3. The monoisotopic (exact) mass is 362 g/mol. The van der Waals surface area contributed by atoms with Gasteiger partial charge < -0.3 is 5.32 Å². The fourth-order valence-electron chi connectivity index (χ4n) is 2.73. The predicted molar refractivity (Wildman–Crippen MR) is 95.5 cm³/mol. The quantitative estimate of drug-likeness (QED) is 0.859. The molecule has 7 heteroatoms. The van der Waals surface area contributed by atoms with Crippen LogP contribution in [0.3, 0.4) is 0 Å². The number of nitrogens with one attached hydrogen (secondary N) is 1. The van der Waals surface area contributed by atoms with Crippen LogP contribution in [0.15, 0.2) is 48.5 Å². The van der Waals surface area contributed by atoms with Gasteiger partial charge in [0.1, 0.15) is 5.82 Å². The van der Waals surface area contributed by atoms with Crippen LogP contribution in [0.4, 0.5) is 15.8 Å². The molecule has 0 aromatic heterocycles. The van der Waals surface area contributed by atoms with Crippen LogP contribution in [-0.4, -0.2) is 26.6 Å². The predicted octanol–water partition coefficient (Wildman–Crippen LogP) is 2.94. The summed E-state index contributed by atoms with van der Waals surface area (Å²) in [6.07, 6.45) is 2.74. The first-order valence-corrected chi connectivity index (χ1v) is 9.82. The molecule has 0 aliphatic heterocycles. The fraction of sp³-hybridized carbons (Fsp3) is 0.278. The lowest BCUT2D eigenvalue weighted by Gasteiger charge is -2.25. The molecule has 0 spiro atoms. The molecular formula is C18H19FN2O3S. The molecule has 0 atom stereocenters. The molecule has 0 heterocycles. The summed E-state index contributed by atoms with van der Waals surface area (Å²) in [6.45, 7) is 0. The van der Waals surface area contributed by atoms with Crippen LogP contribution in [0.1, 0.15) is 18.4 Å². The number of halogens is 1. The Hall–Kier alpha value is -2.41. The largest absolute Gasteiger partial charge is 0.324 e. The van der Waals surface area contributed by atoms with Gasteiger partial charge in [0.15, 0.2) is 0 Å². The molecule has 0 radical (unpaired) electrons. The normalized spacial score (nSPS) is 14.2. The number of carbonyl (C=O) groups excluding carboxylic acids is 1. The number of hydrogen-bond donors (Lipinski definition) is 1. The van der Waals surface area contributed by atoms with E-state index in [1.54, 1.807) is 0 Å². The Morgan fingerprint density at radius 1 is 1.20 bits per heavy atom. The lowest BCUT2D eigenvalue weighted by atomic mass is 10.1. The molecule has 25 heavy (non-hydrogen) atoms.